The van der Waals surface area contributed by atoms with Gasteiger partial charge < -0.3 is 4.85 Å². The van der Waals surface area contributed by atoms with E-state index in [4.69, 9.17) is 16.2 Å². The van der Waals surface area contributed by atoms with Gasteiger partial charge in [0.25, 0.3) is 6.04 Å². The quantitative estimate of drug-likeness (QED) is 0.566. The summed E-state index contributed by atoms with van der Waals surface area (Å²) in [6.07, 6.45) is 1.73. The standard InChI is InChI=1S/C19H12N6O/c1-20-18-15(12-8-5-9-14-17(12)25-26-24-14)13-10-21-23-19(13)22-16(18)11-6-3-2-4-7-11/h2-10,15,18H,(H,21,23). The summed E-state index contributed by atoms with van der Waals surface area (Å²) in [7, 11) is 0. The smallest absolute Gasteiger partial charge is 0.276 e. The number of hydrogen-bond acceptors (Lipinski definition) is 5. The SMILES string of the molecule is [C-]#[N+]C1C(c2ccccc2)=Nc2[nH]ncc2C1c1cccc2nonc12. The van der Waals surface area contributed by atoms with Gasteiger partial charge in [-0.15, -0.1) is 0 Å². The first-order valence-electron chi connectivity index (χ1n) is 8.12. The van der Waals surface area contributed by atoms with E-state index in [1.165, 1.54) is 0 Å². The molecule has 1 N–H and O–H groups in total. The summed E-state index contributed by atoms with van der Waals surface area (Å²) in [5.74, 6) is 0.409. The van der Waals surface area contributed by atoms with Crippen molar-refractivity contribution in [3.05, 3.63) is 82.8 Å². The fraction of sp³-hybridized carbons (Fsp3) is 0.105. The lowest BCUT2D eigenvalue weighted by Gasteiger charge is -2.24. The molecule has 1 aliphatic heterocycles. The molecule has 0 saturated carbocycles. The van der Waals surface area contributed by atoms with Crippen LogP contribution in [0.2, 0.25) is 0 Å². The monoisotopic (exact) mass is 340 g/mol. The Balaban J connectivity index is 1.77. The zero-order valence-electron chi connectivity index (χ0n) is 13.5. The van der Waals surface area contributed by atoms with E-state index in [1.807, 2.05) is 48.5 Å². The first-order valence-corrected chi connectivity index (χ1v) is 8.12. The number of aliphatic imine (C=N–C) groups is 1. The summed E-state index contributed by atoms with van der Waals surface area (Å²) in [6, 6.07) is 15.0. The van der Waals surface area contributed by atoms with E-state index in [0.29, 0.717) is 16.9 Å². The molecule has 0 bridgehead atoms. The molecule has 0 amide bonds. The maximum absolute atomic E-state index is 7.88. The fourth-order valence-corrected chi connectivity index (χ4v) is 3.52. The van der Waals surface area contributed by atoms with Crippen LogP contribution in [0.5, 0.6) is 0 Å². The summed E-state index contributed by atoms with van der Waals surface area (Å²) < 4.78 is 4.92. The third-order valence-corrected chi connectivity index (χ3v) is 4.67. The van der Waals surface area contributed by atoms with E-state index in [9.17, 15) is 0 Å². The molecule has 26 heavy (non-hydrogen) atoms. The van der Waals surface area contributed by atoms with E-state index >= 15 is 0 Å². The van der Waals surface area contributed by atoms with Crippen molar-refractivity contribution in [2.24, 2.45) is 4.99 Å². The van der Waals surface area contributed by atoms with Crippen molar-refractivity contribution in [1.29, 1.82) is 0 Å². The average molecular weight is 340 g/mol. The van der Waals surface area contributed by atoms with Gasteiger partial charge in [0.2, 0.25) is 0 Å². The molecule has 4 aromatic rings. The molecule has 3 heterocycles. The van der Waals surface area contributed by atoms with Gasteiger partial charge in [0, 0.05) is 11.1 Å². The largest absolute Gasteiger partial charge is 0.306 e. The van der Waals surface area contributed by atoms with Crippen molar-refractivity contribution in [2.75, 3.05) is 0 Å². The molecule has 0 aliphatic carbocycles. The maximum Gasteiger partial charge on any atom is 0.276 e. The molecule has 0 saturated heterocycles. The van der Waals surface area contributed by atoms with Crippen molar-refractivity contribution >= 4 is 22.6 Å². The molecule has 2 aromatic carbocycles. The van der Waals surface area contributed by atoms with Gasteiger partial charge in [0.15, 0.2) is 5.82 Å². The molecule has 7 heteroatoms. The fourth-order valence-electron chi connectivity index (χ4n) is 3.52. The van der Waals surface area contributed by atoms with Crippen molar-refractivity contribution in [3.8, 4) is 0 Å². The summed E-state index contributed by atoms with van der Waals surface area (Å²) in [4.78, 5) is 8.63. The molecule has 124 valence electrons. The van der Waals surface area contributed by atoms with E-state index in [1.54, 1.807) is 6.20 Å². The predicted octanol–water partition coefficient (Wildman–Crippen LogP) is 3.50. The van der Waals surface area contributed by atoms with Gasteiger partial charge in [-0.05, 0) is 21.9 Å². The van der Waals surface area contributed by atoms with Crippen molar-refractivity contribution in [1.82, 2.24) is 20.5 Å². The second-order valence-corrected chi connectivity index (χ2v) is 6.07. The first-order chi connectivity index (χ1) is 12.9. The lowest BCUT2D eigenvalue weighted by Crippen LogP contribution is -2.29. The number of aromatic nitrogens is 4. The van der Waals surface area contributed by atoms with Gasteiger partial charge in [-0.3, -0.25) is 5.10 Å². The van der Waals surface area contributed by atoms with Crippen LogP contribution in [0.1, 0.15) is 22.6 Å². The van der Waals surface area contributed by atoms with E-state index in [2.05, 4.69) is 25.4 Å². The topological polar surface area (TPSA) is 84.3 Å². The minimum Gasteiger partial charge on any atom is -0.306 e. The molecule has 0 radical (unpaired) electrons. The predicted molar refractivity (Wildman–Crippen MR) is 95.3 cm³/mol. The number of rotatable bonds is 2. The van der Waals surface area contributed by atoms with Crippen LogP contribution < -0.4 is 0 Å². The molecule has 0 fully saturated rings. The van der Waals surface area contributed by atoms with Gasteiger partial charge in [-0.1, -0.05) is 42.5 Å². The number of nitrogens with one attached hydrogen (secondary N) is 1. The molecule has 2 atom stereocenters. The third kappa shape index (κ3) is 2.06. The number of aromatic amines is 1. The second kappa shape index (κ2) is 5.63. The molecule has 2 unspecified atom stereocenters. The Labute approximate surface area is 148 Å². The van der Waals surface area contributed by atoms with Crippen LogP contribution >= 0.6 is 0 Å². The zero-order valence-corrected chi connectivity index (χ0v) is 13.5. The van der Waals surface area contributed by atoms with E-state index in [-0.39, 0.29) is 5.92 Å². The van der Waals surface area contributed by atoms with Crippen molar-refractivity contribution < 1.29 is 4.63 Å². The molecular formula is C19H12N6O. The van der Waals surface area contributed by atoms with Gasteiger partial charge in [-0.2, -0.15) is 5.10 Å². The van der Waals surface area contributed by atoms with Crippen LogP contribution in [0.3, 0.4) is 0 Å². The van der Waals surface area contributed by atoms with Gasteiger partial charge in [-0.25, -0.2) is 16.2 Å². The Morgan fingerprint density at radius 1 is 1.00 bits per heavy atom. The number of benzene rings is 2. The Bertz CT molecular complexity index is 1170. The normalized spacial score (nSPS) is 19.0. The molecule has 1 aliphatic rings. The van der Waals surface area contributed by atoms with Crippen LogP contribution in [0.4, 0.5) is 5.82 Å². The second-order valence-electron chi connectivity index (χ2n) is 6.07. The highest BCUT2D eigenvalue weighted by Gasteiger charge is 2.42. The lowest BCUT2D eigenvalue weighted by atomic mass is 9.80. The number of hydrogen-bond donors (Lipinski definition) is 1. The summed E-state index contributed by atoms with van der Waals surface area (Å²) in [5.41, 5.74) is 4.73. The highest BCUT2D eigenvalue weighted by molar-refractivity contribution is 6.09. The Morgan fingerprint density at radius 3 is 2.73 bits per heavy atom. The highest BCUT2D eigenvalue weighted by atomic mass is 16.6. The number of nitrogens with zero attached hydrogens (tertiary/aromatic N) is 5. The van der Waals surface area contributed by atoms with Gasteiger partial charge in [0.05, 0.1) is 12.1 Å². The van der Waals surface area contributed by atoms with Crippen LogP contribution in [-0.4, -0.2) is 32.3 Å². The Hall–Kier alpha value is -3.79. The average Bonchev–Trinajstić information content (AvgIpc) is 3.36. The lowest BCUT2D eigenvalue weighted by molar-refractivity contribution is 0.315. The summed E-state index contributed by atoms with van der Waals surface area (Å²) in [5, 5.41) is 15.1. The van der Waals surface area contributed by atoms with Crippen LogP contribution in [0.15, 0.2) is 64.3 Å². The number of H-pyrrole nitrogens is 1. The first kappa shape index (κ1) is 14.5. The third-order valence-electron chi connectivity index (χ3n) is 4.67. The minimum absolute atomic E-state index is 0.260. The summed E-state index contributed by atoms with van der Waals surface area (Å²) in [6.45, 7) is 7.88. The highest BCUT2D eigenvalue weighted by Crippen LogP contribution is 2.42. The van der Waals surface area contributed by atoms with E-state index in [0.717, 1.165) is 22.4 Å². The van der Waals surface area contributed by atoms with Crippen molar-refractivity contribution in [2.45, 2.75) is 12.0 Å². The summed E-state index contributed by atoms with van der Waals surface area (Å²) >= 11 is 0. The minimum atomic E-state index is -0.496. The maximum atomic E-state index is 7.88. The molecule has 0 spiro atoms. The van der Waals surface area contributed by atoms with Crippen LogP contribution in [0, 0.1) is 6.57 Å². The number of fused-ring (bicyclic) bond motifs is 2. The zero-order chi connectivity index (χ0) is 17.5. The van der Waals surface area contributed by atoms with Gasteiger partial charge >= 0.3 is 0 Å². The molecular weight excluding hydrogens is 328 g/mol. The van der Waals surface area contributed by atoms with Crippen LogP contribution in [0.25, 0.3) is 15.9 Å². The van der Waals surface area contributed by atoms with E-state index < -0.39 is 6.04 Å². The molecule has 7 nitrogen and oxygen atoms in total. The Morgan fingerprint density at radius 2 is 1.88 bits per heavy atom. The van der Waals surface area contributed by atoms with Gasteiger partial charge in [0.1, 0.15) is 16.7 Å². The van der Waals surface area contributed by atoms with Crippen LogP contribution in [-0.2, 0) is 0 Å². The Kier molecular flexibility index (Phi) is 3.15. The molecule has 5 rings (SSSR count). The van der Waals surface area contributed by atoms with Crippen molar-refractivity contribution in [3.63, 3.8) is 0 Å². The molecule has 2 aromatic heterocycles.